The van der Waals surface area contributed by atoms with Gasteiger partial charge in [0.15, 0.2) is 5.82 Å². The molecular formula is C19H17F3N4O2. The van der Waals surface area contributed by atoms with Crippen LogP contribution in [0.15, 0.2) is 37.2 Å². The molecule has 1 fully saturated rings. The lowest BCUT2D eigenvalue weighted by atomic mass is 9.98. The second-order valence-corrected chi connectivity index (χ2v) is 6.50. The molecule has 1 aromatic heterocycles. The molecule has 28 heavy (non-hydrogen) atoms. The van der Waals surface area contributed by atoms with Crippen LogP contribution in [0.1, 0.15) is 33.8 Å². The molecule has 1 saturated carbocycles. The number of benzene rings is 1. The van der Waals surface area contributed by atoms with E-state index in [1.54, 1.807) is 0 Å². The fraction of sp³-hybridized carbons (Fsp3) is 0.263. The molecule has 1 aliphatic rings. The van der Waals surface area contributed by atoms with Gasteiger partial charge >= 0.3 is 0 Å². The van der Waals surface area contributed by atoms with E-state index in [0.29, 0.717) is 5.56 Å². The molecule has 146 valence electrons. The number of nitrogens with zero attached hydrogens (tertiary/aromatic N) is 3. The number of likely N-dealkylation sites (N-methyl/N-ethyl adjacent to an activating group) is 1. The summed E-state index contributed by atoms with van der Waals surface area (Å²) < 4.78 is 39.8. The van der Waals surface area contributed by atoms with Gasteiger partial charge < -0.3 is 4.90 Å². The first-order valence-electron chi connectivity index (χ1n) is 8.42. The Balaban J connectivity index is 1.73. The van der Waals surface area contributed by atoms with Crippen molar-refractivity contribution >= 4 is 23.6 Å². The molecule has 1 heterocycles. The van der Waals surface area contributed by atoms with E-state index < -0.39 is 35.5 Å². The van der Waals surface area contributed by atoms with E-state index in [9.17, 15) is 22.8 Å². The van der Waals surface area contributed by atoms with Crippen molar-refractivity contribution in [1.29, 1.82) is 0 Å². The van der Waals surface area contributed by atoms with E-state index in [4.69, 9.17) is 0 Å². The van der Waals surface area contributed by atoms with Crippen molar-refractivity contribution < 1.29 is 22.8 Å². The first-order chi connectivity index (χ1) is 13.3. The van der Waals surface area contributed by atoms with Gasteiger partial charge in [0.1, 0.15) is 12.0 Å². The fourth-order valence-electron chi connectivity index (χ4n) is 2.75. The van der Waals surface area contributed by atoms with Gasteiger partial charge in [0.05, 0.1) is 18.9 Å². The topological polar surface area (TPSA) is 75.2 Å². The van der Waals surface area contributed by atoms with Crippen LogP contribution in [-0.2, 0) is 4.79 Å². The summed E-state index contributed by atoms with van der Waals surface area (Å²) in [4.78, 5) is 33.2. The molecule has 9 heteroatoms. The van der Waals surface area contributed by atoms with Crippen molar-refractivity contribution in [3.63, 3.8) is 0 Å². The van der Waals surface area contributed by atoms with Crippen LogP contribution < -0.4 is 5.32 Å². The van der Waals surface area contributed by atoms with Gasteiger partial charge in [-0.25, -0.2) is 23.1 Å². The van der Waals surface area contributed by atoms with Crippen LogP contribution in [0.25, 0.3) is 5.83 Å². The lowest BCUT2D eigenvalue weighted by Gasteiger charge is -2.19. The number of carbonyl (C=O) groups is 2. The van der Waals surface area contributed by atoms with Crippen LogP contribution in [0.2, 0.25) is 0 Å². The first-order valence-corrected chi connectivity index (χ1v) is 8.42. The van der Waals surface area contributed by atoms with E-state index in [0.717, 1.165) is 17.3 Å². The summed E-state index contributed by atoms with van der Waals surface area (Å²) in [6, 6.07) is 4.20. The molecule has 2 amide bonds. The highest BCUT2D eigenvalue weighted by Crippen LogP contribution is 2.45. The molecule has 1 N–H and O–H groups in total. The van der Waals surface area contributed by atoms with E-state index in [1.165, 1.54) is 25.2 Å². The third kappa shape index (κ3) is 4.36. The second-order valence-electron chi connectivity index (χ2n) is 6.50. The monoisotopic (exact) mass is 390 g/mol. The molecule has 2 atom stereocenters. The normalized spacial score (nSPS) is 17.7. The summed E-state index contributed by atoms with van der Waals surface area (Å²) in [5.74, 6) is -3.01. The molecule has 1 aliphatic carbocycles. The number of rotatable bonds is 6. The Morgan fingerprint density at radius 1 is 1.32 bits per heavy atom. The highest BCUT2D eigenvalue weighted by atomic mass is 19.1. The summed E-state index contributed by atoms with van der Waals surface area (Å²) in [7, 11) is 1.40. The van der Waals surface area contributed by atoms with E-state index >= 15 is 0 Å². The van der Waals surface area contributed by atoms with Crippen molar-refractivity contribution in [3.05, 3.63) is 59.7 Å². The van der Waals surface area contributed by atoms with Gasteiger partial charge in [-0.2, -0.15) is 0 Å². The maximum Gasteiger partial charge on any atom is 0.254 e. The van der Waals surface area contributed by atoms with Gasteiger partial charge in [-0.05, 0) is 24.1 Å². The highest BCUT2D eigenvalue weighted by molar-refractivity contribution is 6.00. The minimum absolute atomic E-state index is 0.1000. The molecule has 0 saturated heterocycles. The van der Waals surface area contributed by atoms with Gasteiger partial charge in [0, 0.05) is 24.1 Å². The summed E-state index contributed by atoms with van der Waals surface area (Å²) in [6.07, 6.45) is 0.966. The van der Waals surface area contributed by atoms with Gasteiger partial charge in [0.2, 0.25) is 11.9 Å². The number of amides is 2. The van der Waals surface area contributed by atoms with Crippen LogP contribution in [-0.4, -0.2) is 46.4 Å². The molecule has 0 spiro atoms. The van der Waals surface area contributed by atoms with Gasteiger partial charge in [-0.3, -0.25) is 14.9 Å². The van der Waals surface area contributed by atoms with E-state index in [1.807, 2.05) is 0 Å². The first kappa shape index (κ1) is 19.5. The lowest BCUT2D eigenvalue weighted by Crippen LogP contribution is -2.35. The Bertz CT molecular complexity index is 933. The predicted molar refractivity (Wildman–Crippen MR) is 96.4 cm³/mol. The number of halogens is 3. The third-order valence-corrected chi connectivity index (χ3v) is 4.31. The van der Waals surface area contributed by atoms with E-state index in [-0.39, 0.29) is 30.0 Å². The summed E-state index contributed by atoms with van der Waals surface area (Å²) in [6.45, 7) is 2.88. The Hall–Kier alpha value is -3.23. The zero-order chi connectivity index (χ0) is 20.4. The van der Waals surface area contributed by atoms with Crippen molar-refractivity contribution in [2.45, 2.75) is 18.5 Å². The lowest BCUT2D eigenvalue weighted by molar-refractivity contribution is -0.116. The second kappa shape index (κ2) is 7.79. The van der Waals surface area contributed by atoms with Crippen LogP contribution >= 0.6 is 0 Å². The molecule has 3 rings (SSSR count). The number of hydrogen-bond acceptors (Lipinski definition) is 4. The smallest absolute Gasteiger partial charge is 0.254 e. The Morgan fingerprint density at radius 3 is 2.54 bits per heavy atom. The Morgan fingerprint density at radius 2 is 1.96 bits per heavy atom. The number of alkyl halides is 1. The number of anilines is 1. The zero-order valence-electron chi connectivity index (χ0n) is 15.0. The SMILES string of the molecule is C=C(F)c1ccc(C(=O)N(C)CC(=O)Nc2ncc(F)cn2)c([C@@H]2C[C@H]2F)c1. The van der Waals surface area contributed by atoms with Gasteiger partial charge in [-0.15, -0.1) is 0 Å². The maximum absolute atomic E-state index is 13.6. The summed E-state index contributed by atoms with van der Waals surface area (Å²) in [5.41, 5.74) is 0.769. The average molecular weight is 390 g/mol. The Kier molecular flexibility index (Phi) is 5.43. The maximum atomic E-state index is 13.6. The predicted octanol–water partition coefficient (Wildman–Crippen LogP) is 3.09. The van der Waals surface area contributed by atoms with Crippen LogP contribution in [0, 0.1) is 5.82 Å². The quantitative estimate of drug-likeness (QED) is 0.823. The highest BCUT2D eigenvalue weighted by Gasteiger charge is 2.41. The minimum atomic E-state index is -1.08. The molecule has 6 nitrogen and oxygen atoms in total. The van der Waals surface area contributed by atoms with Crippen molar-refractivity contribution in [3.8, 4) is 0 Å². The number of nitrogens with one attached hydrogen (secondary N) is 1. The molecule has 0 bridgehead atoms. The molecule has 0 unspecified atom stereocenters. The number of hydrogen-bond donors (Lipinski definition) is 1. The van der Waals surface area contributed by atoms with Crippen LogP contribution in [0.3, 0.4) is 0 Å². The van der Waals surface area contributed by atoms with Crippen LogP contribution in [0.5, 0.6) is 0 Å². The van der Waals surface area contributed by atoms with Crippen molar-refractivity contribution in [1.82, 2.24) is 14.9 Å². The van der Waals surface area contributed by atoms with E-state index in [2.05, 4.69) is 21.9 Å². The molecule has 2 aromatic rings. The fourth-order valence-corrected chi connectivity index (χ4v) is 2.75. The average Bonchev–Trinajstić information content (AvgIpc) is 3.38. The number of aromatic nitrogens is 2. The minimum Gasteiger partial charge on any atom is -0.332 e. The standard InChI is InChI=1S/C19H17F3N4O2/c1-10(20)11-3-4-13(14(5-11)15-6-16(15)22)18(28)26(2)9-17(27)25-19-23-7-12(21)8-24-19/h3-5,7-8,15-16H,1,6,9H2,2H3,(H,23,24,25,27)/t15-,16+/m0/s1. The molecular weight excluding hydrogens is 373 g/mol. The summed E-state index contributed by atoms with van der Waals surface area (Å²) >= 11 is 0. The van der Waals surface area contributed by atoms with Gasteiger partial charge in [0.25, 0.3) is 5.91 Å². The molecule has 1 aromatic carbocycles. The zero-order valence-corrected chi connectivity index (χ0v) is 15.0. The largest absolute Gasteiger partial charge is 0.332 e. The van der Waals surface area contributed by atoms with Crippen molar-refractivity contribution in [2.75, 3.05) is 18.9 Å². The van der Waals surface area contributed by atoms with Crippen molar-refractivity contribution in [2.24, 2.45) is 0 Å². The van der Waals surface area contributed by atoms with Gasteiger partial charge in [-0.1, -0.05) is 12.6 Å². The Labute approximate surface area is 159 Å². The number of carbonyl (C=O) groups excluding carboxylic acids is 2. The molecule has 0 aliphatic heterocycles. The summed E-state index contributed by atoms with van der Waals surface area (Å²) in [5, 5.41) is 2.34. The molecule has 0 radical (unpaired) electrons. The van der Waals surface area contributed by atoms with Crippen LogP contribution in [0.4, 0.5) is 19.1 Å². The third-order valence-electron chi connectivity index (χ3n) is 4.31.